The van der Waals surface area contributed by atoms with Crippen molar-refractivity contribution in [2.24, 2.45) is 0 Å². The van der Waals surface area contributed by atoms with Crippen LogP contribution >= 0.6 is 0 Å². The minimum absolute atomic E-state index is 0.374. The molecule has 106 valence electrons. The second kappa shape index (κ2) is 5.80. The number of fused-ring (bicyclic) bond motifs is 1. The fourth-order valence-corrected chi connectivity index (χ4v) is 3.19. The van der Waals surface area contributed by atoms with Crippen LogP contribution in [0.1, 0.15) is 48.7 Å². The molecule has 0 saturated heterocycles. The van der Waals surface area contributed by atoms with Crippen LogP contribution < -0.4 is 5.32 Å². The summed E-state index contributed by atoms with van der Waals surface area (Å²) >= 11 is 0. The summed E-state index contributed by atoms with van der Waals surface area (Å²) < 4.78 is 2.15. The lowest BCUT2D eigenvalue weighted by atomic mass is 9.84. The molecule has 2 atom stereocenters. The molecule has 1 aliphatic carbocycles. The molecular formula is C17H23N3. The van der Waals surface area contributed by atoms with E-state index in [-0.39, 0.29) is 0 Å². The van der Waals surface area contributed by atoms with Crippen LogP contribution in [0.5, 0.6) is 0 Å². The van der Waals surface area contributed by atoms with Crippen molar-refractivity contribution >= 4 is 0 Å². The van der Waals surface area contributed by atoms with Gasteiger partial charge < -0.3 is 5.32 Å². The Labute approximate surface area is 121 Å². The van der Waals surface area contributed by atoms with Crippen LogP contribution in [-0.4, -0.2) is 16.3 Å². The molecule has 2 aromatic rings. The molecule has 20 heavy (non-hydrogen) atoms. The Morgan fingerprint density at radius 2 is 2.15 bits per heavy atom. The average Bonchev–Trinajstić information content (AvgIpc) is 2.91. The Bertz CT molecular complexity index is 573. The molecule has 1 N–H and O–H groups in total. The zero-order valence-corrected chi connectivity index (χ0v) is 12.3. The summed E-state index contributed by atoms with van der Waals surface area (Å²) in [4.78, 5) is 0. The molecule has 0 radical (unpaired) electrons. The van der Waals surface area contributed by atoms with Crippen molar-refractivity contribution in [3.63, 3.8) is 0 Å². The standard InChI is InChI=1S/C17H23N3/c1-3-11-18-17-15-7-5-4-6-14(15)8-9-16(17)20-12-10-13(2)19-20/h4-7,10,12,16-18H,3,8-9,11H2,1-2H3. The molecule has 0 aliphatic heterocycles. The topological polar surface area (TPSA) is 29.9 Å². The first-order valence-corrected chi connectivity index (χ1v) is 7.62. The number of nitrogens with one attached hydrogen (secondary N) is 1. The highest BCUT2D eigenvalue weighted by atomic mass is 15.3. The van der Waals surface area contributed by atoms with Gasteiger partial charge in [0.15, 0.2) is 0 Å². The first-order chi connectivity index (χ1) is 9.79. The van der Waals surface area contributed by atoms with E-state index in [9.17, 15) is 0 Å². The number of hydrogen-bond donors (Lipinski definition) is 1. The predicted octanol–water partition coefficient (Wildman–Crippen LogP) is 3.42. The first kappa shape index (κ1) is 13.4. The van der Waals surface area contributed by atoms with E-state index in [4.69, 9.17) is 0 Å². The fourth-order valence-electron chi connectivity index (χ4n) is 3.19. The van der Waals surface area contributed by atoms with Gasteiger partial charge in [0.1, 0.15) is 0 Å². The van der Waals surface area contributed by atoms with Crippen LogP contribution in [0.4, 0.5) is 0 Å². The fraction of sp³-hybridized carbons (Fsp3) is 0.471. The number of aryl methyl sites for hydroxylation is 2. The minimum Gasteiger partial charge on any atom is -0.308 e. The quantitative estimate of drug-likeness (QED) is 0.921. The maximum atomic E-state index is 4.64. The Morgan fingerprint density at radius 1 is 1.30 bits per heavy atom. The first-order valence-electron chi connectivity index (χ1n) is 7.62. The van der Waals surface area contributed by atoms with Gasteiger partial charge in [0, 0.05) is 6.20 Å². The maximum Gasteiger partial charge on any atom is 0.0717 e. The molecule has 0 saturated carbocycles. The van der Waals surface area contributed by atoms with Crippen molar-refractivity contribution in [2.75, 3.05) is 6.54 Å². The Kier molecular flexibility index (Phi) is 3.88. The summed E-state index contributed by atoms with van der Waals surface area (Å²) in [6.07, 6.45) is 5.57. The van der Waals surface area contributed by atoms with E-state index in [0.717, 1.165) is 31.5 Å². The van der Waals surface area contributed by atoms with Crippen LogP contribution in [0.15, 0.2) is 36.5 Å². The molecular weight excluding hydrogens is 246 g/mol. The SMILES string of the molecule is CCCNC1c2ccccc2CCC1n1ccc(C)n1. The predicted molar refractivity (Wildman–Crippen MR) is 81.8 cm³/mol. The number of rotatable bonds is 4. The van der Waals surface area contributed by atoms with Crippen molar-refractivity contribution in [1.29, 1.82) is 0 Å². The van der Waals surface area contributed by atoms with Gasteiger partial charge in [-0.1, -0.05) is 31.2 Å². The average molecular weight is 269 g/mol. The van der Waals surface area contributed by atoms with Gasteiger partial charge in [0.2, 0.25) is 0 Å². The molecule has 2 unspecified atom stereocenters. The zero-order chi connectivity index (χ0) is 13.9. The molecule has 0 spiro atoms. The second-order valence-corrected chi connectivity index (χ2v) is 5.67. The number of hydrogen-bond acceptors (Lipinski definition) is 2. The molecule has 0 bridgehead atoms. The van der Waals surface area contributed by atoms with E-state index >= 15 is 0 Å². The summed E-state index contributed by atoms with van der Waals surface area (Å²) in [6.45, 7) is 5.33. The lowest BCUT2D eigenvalue weighted by Crippen LogP contribution is -2.34. The monoisotopic (exact) mass is 269 g/mol. The third-order valence-electron chi connectivity index (χ3n) is 4.18. The van der Waals surface area contributed by atoms with Gasteiger partial charge in [0.25, 0.3) is 0 Å². The van der Waals surface area contributed by atoms with E-state index in [2.05, 4.69) is 65.5 Å². The highest BCUT2D eigenvalue weighted by Crippen LogP contribution is 2.37. The van der Waals surface area contributed by atoms with Crippen molar-refractivity contribution in [1.82, 2.24) is 15.1 Å². The maximum absolute atomic E-state index is 4.64. The van der Waals surface area contributed by atoms with Crippen LogP contribution in [-0.2, 0) is 6.42 Å². The van der Waals surface area contributed by atoms with Gasteiger partial charge in [-0.2, -0.15) is 5.10 Å². The van der Waals surface area contributed by atoms with E-state index in [1.165, 1.54) is 11.1 Å². The van der Waals surface area contributed by atoms with Crippen LogP contribution in [0.3, 0.4) is 0 Å². The number of benzene rings is 1. The second-order valence-electron chi connectivity index (χ2n) is 5.67. The summed E-state index contributed by atoms with van der Waals surface area (Å²) in [7, 11) is 0. The van der Waals surface area contributed by atoms with Crippen molar-refractivity contribution in [2.45, 2.75) is 45.2 Å². The molecule has 1 aromatic carbocycles. The Hall–Kier alpha value is -1.61. The van der Waals surface area contributed by atoms with Gasteiger partial charge >= 0.3 is 0 Å². The van der Waals surface area contributed by atoms with Gasteiger partial charge in [-0.15, -0.1) is 0 Å². The highest BCUT2D eigenvalue weighted by molar-refractivity contribution is 5.33. The highest BCUT2D eigenvalue weighted by Gasteiger charge is 2.30. The third-order valence-corrected chi connectivity index (χ3v) is 4.18. The van der Waals surface area contributed by atoms with Gasteiger partial charge in [-0.25, -0.2) is 0 Å². The van der Waals surface area contributed by atoms with Crippen molar-refractivity contribution < 1.29 is 0 Å². The largest absolute Gasteiger partial charge is 0.308 e. The Morgan fingerprint density at radius 3 is 2.90 bits per heavy atom. The molecule has 0 amide bonds. The molecule has 1 aliphatic rings. The van der Waals surface area contributed by atoms with E-state index < -0.39 is 0 Å². The molecule has 3 heteroatoms. The van der Waals surface area contributed by atoms with Gasteiger partial charge in [-0.05, 0) is 49.9 Å². The van der Waals surface area contributed by atoms with E-state index in [1.807, 2.05) is 0 Å². The summed E-state index contributed by atoms with van der Waals surface area (Å²) in [5, 5.41) is 8.37. The van der Waals surface area contributed by atoms with Crippen LogP contribution in [0.25, 0.3) is 0 Å². The summed E-state index contributed by atoms with van der Waals surface area (Å²) in [5.74, 6) is 0. The lowest BCUT2D eigenvalue weighted by Gasteiger charge is -2.34. The lowest BCUT2D eigenvalue weighted by molar-refractivity contribution is 0.296. The molecule has 1 heterocycles. The van der Waals surface area contributed by atoms with Crippen molar-refractivity contribution in [3.05, 3.63) is 53.3 Å². The summed E-state index contributed by atoms with van der Waals surface area (Å²) in [6, 6.07) is 11.7. The summed E-state index contributed by atoms with van der Waals surface area (Å²) in [5.41, 5.74) is 4.03. The molecule has 3 nitrogen and oxygen atoms in total. The van der Waals surface area contributed by atoms with Crippen LogP contribution in [0, 0.1) is 6.92 Å². The van der Waals surface area contributed by atoms with Gasteiger partial charge in [0.05, 0.1) is 17.8 Å². The van der Waals surface area contributed by atoms with Crippen molar-refractivity contribution in [3.8, 4) is 0 Å². The molecule has 0 fully saturated rings. The zero-order valence-electron chi connectivity index (χ0n) is 12.3. The smallest absolute Gasteiger partial charge is 0.0717 e. The number of aromatic nitrogens is 2. The molecule has 1 aromatic heterocycles. The number of nitrogens with zero attached hydrogens (tertiary/aromatic N) is 2. The molecule has 3 rings (SSSR count). The Balaban J connectivity index is 1.94. The van der Waals surface area contributed by atoms with Crippen LogP contribution in [0.2, 0.25) is 0 Å². The normalized spacial score (nSPS) is 21.7. The van der Waals surface area contributed by atoms with E-state index in [0.29, 0.717) is 12.1 Å². The van der Waals surface area contributed by atoms with Gasteiger partial charge in [-0.3, -0.25) is 4.68 Å². The third kappa shape index (κ3) is 2.50. The van der Waals surface area contributed by atoms with E-state index in [1.54, 1.807) is 0 Å². The minimum atomic E-state index is 0.374.